The number of piperidine rings is 1. The summed E-state index contributed by atoms with van der Waals surface area (Å²) in [6.45, 7) is 5.86. The highest BCUT2D eigenvalue weighted by molar-refractivity contribution is 7.18. The van der Waals surface area contributed by atoms with Gasteiger partial charge in [0, 0.05) is 24.0 Å². The van der Waals surface area contributed by atoms with Crippen LogP contribution in [0, 0.1) is 13.8 Å². The Hall–Kier alpha value is -1.77. The average molecular weight is 391 g/mol. The molecule has 0 radical (unpaired) electrons. The van der Waals surface area contributed by atoms with Crippen LogP contribution >= 0.6 is 11.3 Å². The smallest absolute Gasteiger partial charge is 0.262 e. The number of likely N-dealkylation sites (tertiary alicyclic amines) is 1. The minimum atomic E-state index is -0.943. The summed E-state index contributed by atoms with van der Waals surface area (Å²) < 4.78 is 1.54. The molecule has 4 rings (SSSR count). The van der Waals surface area contributed by atoms with E-state index in [1.807, 2.05) is 13.8 Å². The monoisotopic (exact) mass is 390 g/mol. The minimum absolute atomic E-state index is 0.0668. The van der Waals surface area contributed by atoms with Crippen LogP contribution in [-0.4, -0.2) is 56.7 Å². The van der Waals surface area contributed by atoms with Crippen molar-refractivity contribution in [2.75, 3.05) is 19.6 Å². The van der Waals surface area contributed by atoms with Gasteiger partial charge in [-0.3, -0.25) is 19.1 Å². The first-order chi connectivity index (χ1) is 12.8. The number of fused-ring (bicyclic) bond motifs is 1. The van der Waals surface area contributed by atoms with E-state index < -0.39 is 5.60 Å². The highest BCUT2D eigenvalue weighted by atomic mass is 32.1. The van der Waals surface area contributed by atoms with Crippen molar-refractivity contribution < 1.29 is 9.90 Å². The van der Waals surface area contributed by atoms with Gasteiger partial charge >= 0.3 is 0 Å². The normalized spacial score (nSPS) is 20.1. The van der Waals surface area contributed by atoms with Crippen molar-refractivity contribution in [1.29, 1.82) is 0 Å². The van der Waals surface area contributed by atoms with Crippen LogP contribution in [0.15, 0.2) is 11.1 Å². The largest absolute Gasteiger partial charge is 0.388 e. The molecule has 1 aliphatic heterocycles. The van der Waals surface area contributed by atoms with E-state index in [4.69, 9.17) is 0 Å². The zero-order valence-corrected chi connectivity index (χ0v) is 16.6. The summed E-state index contributed by atoms with van der Waals surface area (Å²) in [6.07, 6.45) is 4.79. The first kappa shape index (κ1) is 18.6. The fourth-order valence-corrected chi connectivity index (χ4v) is 4.68. The Balaban J connectivity index is 1.41. The third-order valence-electron chi connectivity index (χ3n) is 5.72. The molecule has 1 saturated heterocycles. The maximum absolute atomic E-state index is 12.9. The minimum Gasteiger partial charge on any atom is -0.388 e. The molecule has 3 heterocycles. The van der Waals surface area contributed by atoms with E-state index in [0.29, 0.717) is 43.9 Å². The first-order valence-electron chi connectivity index (χ1n) is 9.54. The number of amides is 1. The maximum Gasteiger partial charge on any atom is 0.262 e. The lowest BCUT2D eigenvalue weighted by molar-refractivity contribution is -0.123. The number of hydrogen-bond acceptors (Lipinski definition) is 6. The van der Waals surface area contributed by atoms with Gasteiger partial charge in [-0.15, -0.1) is 11.3 Å². The van der Waals surface area contributed by atoms with Crippen molar-refractivity contribution in [3.8, 4) is 0 Å². The number of carbonyl (C=O) groups is 1. The molecule has 0 atom stereocenters. The topological polar surface area (TPSA) is 87.5 Å². The molecule has 146 valence electrons. The number of aliphatic hydroxyl groups is 1. The summed E-state index contributed by atoms with van der Waals surface area (Å²) in [5, 5.41) is 14.7. The third-order valence-corrected chi connectivity index (χ3v) is 6.83. The van der Waals surface area contributed by atoms with Crippen molar-refractivity contribution in [2.45, 2.75) is 57.7 Å². The second kappa shape index (κ2) is 7.00. The molecule has 0 aromatic carbocycles. The lowest BCUT2D eigenvalue weighted by Gasteiger charge is -2.38. The molecule has 1 aliphatic carbocycles. The van der Waals surface area contributed by atoms with Crippen LogP contribution < -0.4 is 10.9 Å². The molecule has 1 amide bonds. The molecule has 7 nitrogen and oxygen atoms in total. The number of nitrogens with one attached hydrogen (secondary N) is 1. The summed E-state index contributed by atoms with van der Waals surface area (Å²) in [6, 6.07) is 0.373. The van der Waals surface area contributed by atoms with Gasteiger partial charge in [-0.05, 0) is 45.1 Å². The molecule has 2 aromatic rings. The van der Waals surface area contributed by atoms with E-state index in [9.17, 15) is 14.7 Å². The number of aromatic nitrogens is 2. The molecule has 8 heteroatoms. The molecule has 2 N–H and O–H groups in total. The number of rotatable bonds is 5. The summed E-state index contributed by atoms with van der Waals surface area (Å²) >= 11 is 1.53. The zero-order chi connectivity index (χ0) is 19.2. The molecule has 2 aliphatic rings. The van der Waals surface area contributed by atoms with E-state index in [0.717, 1.165) is 28.1 Å². The van der Waals surface area contributed by atoms with E-state index in [-0.39, 0.29) is 18.0 Å². The second-order valence-corrected chi connectivity index (χ2v) is 9.19. The molecule has 2 fully saturated rings. The summed E-state index contributed by atoms with van der Waals surface area (Å²) in [4.78, 5) is 33.1. The number of nitrogens with zero attached hydrogens (tertiary/aromatic N) is 3. The molecule has 1 saturated carbocycles. The van der Waals surface area contributed by atoms with Crippen LogP contribution in [0.4, 0.5) is 0 Å². The van der Waals surface area contributed by atoms with E-state index in [1.54, 1.807) is 6.33 Å². The van der Waals surface area contributed by atoms with Crippen LogP contribution in [0.25, 0.3) is 10.2 Å². The lowest BCUT2D eigenvalue weighted by atomic mass is 9.91. The standard InChI is InChI=1S/C19H26N4O3S/c1-12-13(2)27-17-16(12)18(25)23(11-20-17)10-19(26)5-7-22(8-6-19)9-15(24)21-14-3-4-14/h11,14,26H,3-10H2,1-2H3,(H,21,24). The van der Waals surface area contributed by atoms with Gasteiger partial charge in [-0.25, -0.2) is 4.98 Å². The van der Waals surface area contributed by atoms with Gasteiger partial charge in [-0.1, -0.05) is 0 Å². The summed E-state index contributed by atoms with van der Waals surface area (Å²) in [5.41, 5.74) is -0.0476. The van der Waals surface area contributed by atoms with Crippen LogP contribution in [0.2, 0.25) is 0 Å². The fourth-order valence-electron chi connectivity index (χ4n) is 3.69. The van der Waals surface area contributed by atoms with E-state index in [1.165, 1.54) is 15.9 Å². The van der Waals surface area contributed by atoms with Crippen LogP contribution in [0.1, 0.15) is 36.1 Å². The van der Waals surface area contributed by atoms with Gasteiger partial charge in [0.1, 0.15) is 4.83 Å². The molecular formula is C19H26N4O3S. The molecule has 0 spiro atoms. The third kappa shape index (κ3) is 3.93. The quantitative estimate of drug-likeness (QED) is 0.801. The van der Waals surface area contributed by atoms with Gasteiger partial charge in [0.25, 0.3) is 5.56 Å². The molecule has 2 aromatic heterocycles. The van der Waals surface area contributed by atoms with Crippen molar-refractivity contribution in [1.82, 2.24) is 19.8 Å². The predicted molar refractivity (Wildman–Crippen MR) is 105 cm³/mol. The van der Waals surface area contributed by atoms with Gasteiger partial charge in [0.15, 0.2) is 0 Å². The molecule has 0 bridgehead atoms. The molecule has 27 heavy (non-hydrogen) atoms. The molecule has 0 unspecified atom stereocenters. The fraction of sp³-hybridized carbons (Fsp3) is 0.632. The van der Waals surface area contributed by atoms with Gasteiger partial charge in [0.2, 0.25) is 5.91 Å². The Labute approximate surface area is 162 Å². The average Bonchev–Trinajstić information content (AvgIpc) is 3.38. The Morgan fingerprint density at radius 3 is 2.74 bits per heavy atom. The Bertz CT molecular complexity index is 923. The van der Waals surface area contributed by atoms with Crippen molar-refractivity contribution in [3.05, 3.63) is 27.1 Å². The van der Waals surface area contributed by atoms with Gasteiger partial charge in [-0.2, -0.15) is 0 Å². The van der Waals surface area contributed by atoms with E-state index in [2.05, 4.69) is 15.2 Å². The summed E-state index contributed by atoms with van der Waals surface area (Å²) in [5.74, 6) is 0.0668. The maximum atomic E-state index is 12.9. The van der Waals surface area contributed by atoms with Gasteiger partial charge < -0.3 is 10.4 Å². The van der Waals surface area contributed by atoms with Crippen molar-refractivity contribution in [3.63, 3.8) is 0 Å². The van der Waals surface area contributed by atoms with Crippen molar-refractivity contribution in [2.24, 2.45) is 0 Å². The highest BCUT2D eigenvalue weighted by Crippen LogP contribution is 2.27. The highest BCUT2D eigenvalue weighted by Gasteiger charge is 2.34. The van der Waals surface area contributed by atoms with E-state index >= 15 is 0 Å². The predicted octanol–water partition coefficient (Wildman–Crippen LogP) is 1.18. The second-order valence-electron chi connectivity index (χ2n) is 7.98. The van der Waals surface area contributed by atoms with Crippen LogP contribution in [-0.2, 0) is 11.3 Å². The molecular weight excluding hydrogens is 364 g/mol. The van der Waals surface area contributed by atoms with Crippen LogP contribution in [0.5, 0.6) is 0 Å². The number of carbonyl (C=O) groups excluding carboxylic acids is 1. The van der Waals surface area contributed by atoms with Crippen LogP contribution in [0.3, 0.4) is 0 Å². The Morgan fingerprint density at radius 2 is 2.07 bits per heavy atom. The summed E-state index contributed by atoms with van der Waals surface area (Å²) in [7, 11) is 0. The number of thiophene rings is 1. The SMILES string of the molecule is Cc1sc2ncn(CC3(O)CCN(CC(=O)NC4CC4)CC3)c(=O)c2c1C. The van der Waals surface area contributed by atoms with Gasteiger partial charge in [0.05, 0.1) is 30.4 Å². The lowest BCUT2D eigenvalue weighted by Crippen LogP contribution is -2.50. The number of aryl methyl sites for hydroxylation is 2. The Kier molecular flexibility index (Phi) is 4.82. The Morgan fingerprint density at radius 1 is 1.37 bits per heavy atom. The first-order valence-corrected chi connectivity index (χ1v) is 10.4. The zero-order valence-electron chi connectivity index (χ0n) is 15.8. The number of hydrogen-bond donors (Lipinski definition) is 2. The van der Waals surface area contributed by atoms with Crippen molar-refractivity contribution >= 4 is 27.5 Å².